The van der Waals surface area contributed by atoms with Crippen molar-refractivity contribution in [3.8, 4) is 0 Å². The molecule has 0 unspecified atom stereocenters. The van der Waals surface area contributed by atoms with E-state index >= 15 is 0 Å². The van der Waals surface area contributed by atoms with Crippen molar-refractivity contribution in [2.24, 2.45) is 12.1 Å². The normalized spacial score (nSPS) is 11.0. The topological polar surface area (TPSA) is 34.1 Å². The minimum atomic E-state index is 0. The van der Waals surface area contributed by atoms with Gasteiger partial charge in [0.1, 0.15) is 0 Å². The Bertz CT molecular complexity index is 476. The lowest BCUT2D eigenvalue weighted by Gasteiger charge is -1.96. The maximum atomic E-state index is 4.40. The van der Waals surface area contributed by atoms with E-state index in [2.05, 4.69) is 10.2 Å². The van der Waals surface area contributed by atoms with Gasteiger partial charge in [-0.15, -0.1) is 14.5 Å². The highest BCUT2D eigenvalue weighted by atomic mass is 127. The second-order valence-electron chi connectivity index (χ2n) is 3.35. The lowest BCUT2D eigenvalue weighted by molar-refractivity contribution is -0.679. The predicted octanol–water partition coefficient (Wildman–Crippen LogP) is -2.02. The van der Waals surface area contributed by atoms with Gasteiger partial charge >= 0.3 is 0 Å². The largest absolute Gasteiger partial charge is 1.00 e. The van der Waals surface area contributed by atoms with Crippen molar-refractivity contribution in [2.45, 2.75) is 6.92 Å². The van der Waals surface area contributed by atoms with E-state index < -0.39 is 0 Å². The number of aryl methyl sites for hydroxylation is 1. The minimum Gasteiger partial charge on any atom is -1.00 e. The lowest BCUT2D eigenvalue weighted by atomic mass is 10.1. The summed E-state index contributed by atoms with van der Waals surface area (Å²) in [5.74, 6) is 0. The fourth-order valence-corrected chi connectivity index (χ4v) is 1.33. The van der Waals surface area contributed by atoms with Gasteiger partial charge in [-0.2, -0.15) is 0 Å². The molecule has 1 aromatic heterocycles. The van der Waals surface area contributed by atoms with E-state index in [0.717, 1.165) is 11.3 Å². The van der Waals surface area contributed by atoms with Crippen molar-refractivity contribution in [1.82, 2.24) is 9.78 Å². The molecule has 0 saturated carbocycles. The summed E-state index contributed by atoms with van der Waals surface area (Å²) in [6, 6.07) is 10.1. The number of rotatable bonds is 2. The van der Waals surface area contributed by atoms with Crippen molar-refractivity contribution in [3.63, 3.8) is 0 Å². The summed E-state index contributed by atoms with van der Waals surface area (Å²) in [5, 5.41) is 8.44. The van der Waals surface area contributed by atoms with Crippen molar-refractivity contribution in [2.75, 3.05) is 0 Å². The van der Waals surface area contributed by atoms with Crippen LogP contribution in [0.3, 0.4) is 0 Å². The van der Waals surface area contributed by atoms with Crippen LogP contribution >= 0.6 is 0 Å². The van der Waals surface area contributed by atoms with Crippen molar-refractivity contribution < 1.29 is 28.7 Å². The van der Waals surface area contributed by atoms with Gasteiger partial charge in [0.25, 0.3) is 6.33 Å². The third-order valence-electron chi connectivity index (χ3n) is 2.09. The highest BCUT2D eigenvalue weighted by molar-refractivity contribution is 5.98. The lowest BCUT2D eigenvalue weighted by Crippen LogP contribution is -3.00. The summed E-state index contributed by atoms with van der Waals surface area (Å²) in [6.45, 7) is 1.98. The number of halogens is 1. The molecular weight excluding hydrogens is 315 g/mol. The van der Waals surface area contributed by atoms with Crippen LogP contribution in [0, 0.1) is 0 Å². The molecule has 1 heterocycles. The third kappa shape index (κ3) is 3.13. The number of aromatic nitrogens is 3. The average Bonchev–Trinajstić information content (AvgIpc) is 2.65. The second-order valence-corrected chi connectivity index (χ2v) is 3.35. The summed E-state index contributed by atoms with van der Waals surface area (Å²) in [4.78, 5) is 0. The maximum absolute atomic E-state index is 4.40. The van der Waals surface area contributed by atoms with Crippen LogP contribution in [-0.4, -0.2) is 15.5 Å². The fraction of sp³-hybridized carbons (Fsp3) is 0.182. The van der Waals surface area contributed by atoms with Crippen LogP contribution in [0.4, 0.5) is 0 Å². The van der Waals surface area contributed by atoms with Crippen LogP contribution in [-0.2, 0) is 7.05 Å². The summed E-state index contributed by atoms with van der Waals surface area (Å²) in [5.41, 5.74) is 2.09. The van der Waals surface area contributed by atoms with Gasteiger partial charge in [0, 0.05) is 5.10 Å². The molecule has 0 bridgehead atoms. The Kier molecular flexibility index (Phi) is 4.60. The number of hydrogen-bond acceptors (Lipinski definition) is 2. The van der Waals surface area contributed by atoms with Gasteiger partial charge in [-0.1, -0.05) is 30.3 Å². The Balaban J connectivity index is 0.00000128. The fourth-order valence-electron chi connectivity index (χ4n) is 1.33. The first kappa shape index (κ1) is 12.8. The molecule has 0 amide bonds. The summed E-state index contributed by atoms with van der Waals surface area (Å²) in [7, 11) is 1.86. The van der Waals surface area contributed by atoms with E-state index in [9.17, 15) is 0 Å². The van der Waals surface area contributed by atoms with Crippen molar-refractivity contribution >= 4 is 5.71 Å². The monoisotopic (exact) mass is 328 g/mol. The van der Waals surface area contributed by atoms with E-state index in [1.807, 2.05) is 50.6 Å². The predicted molar refractivity (Wildman–Crippen MR) is 57.5 cm³/mol. The molecule has 2 rings (SSSR count). The zero-order valence-corrected chi connectivity index (χ0v) is 11.4. The SMILES string of the molecule is C/C(=N\[n+]1cnn(C)c1)c1ccccc1.[I-]. The molecule has 2 aromatic rings. The zero-order chi connectivity index (χ0) is 10.7. The Labute approximate surface area is 112 Å². The molecule has 0 aliphatic rings. The molecule has 4 nitrogen and oxygen atoms in total. The van der Waals surface area contributed by atoms with Gasteiger partial charge in [0.05, 0.1) is 12.8 Å². The molecule has 0 fully saturated rings. The molecule has 16 heavy (non-hydrogen) atoms. The Morgan fingerprint density at radius 3 is 2.56 bits per heavy atom. The summed E-state index contributed by atoms with van der Waals surface area (Å²) in [6.07, 6.45) is 3.48. The first-order valence-corrected chi connectivity index (χ1v) is 4.76. The summed E-state index contributed by atoms with van der Waals surface area (Å²) >= 11 is 0. The van der Waals surface area contributed by atoms with Crippen LogP contribution in [0.15, 0.2) is 48.1 Å². The molecule has 84 valence electrons. The third-order valence-corrected chi connectivity index (χ3v) is 2.09. The molecule has 0 saturated heterocycles. The van der Waals surface area contributed by atoms with Crippen LogP contribution in [0.1, 0.15) is 12.5 Å². The molecule has 0 spiro atoms. The number of hydrogen-bond donors (Lipinski definition) is 0. The molecular formula is C11H13IN4. The summed E-state index contributed by atoms with van der Waals surface area (Å²) < 4.78 is 3.41. The van der Waals surface area contributed by atoms with Gasteiger partial charge in [-0.25, -0.2) is 0 Å². The van der Waals surface area contributed by atoms with E-state index in [-0.39, 0.29) is 24.0 Å². The van der Waals surface area contributed by atoms with E-state index in [4.69, 9.17) is 0 Å². The Morgan fingerprint density at radius 2 is 2.00 bits per heavy atom. The van der Waals surface area contributed by atoms with Gasteiger partial charge < -0.3 is 24.0 Å². The maximum Gasteiger partial charge on any atom is 0.288 e. The van der Waals surface area contributed by atoms with E-state index in [1.54, 1.807) is 15.7 Å². The Hall–Kier alpha value is -1.24. The first-order valence-electron chi connectivity index (χ1n) is 4.76. The average molecular weight is 328 g/mol. The zero-order valence-electron chi connectivity index (χ0n) is 9.21. The Morgan fingerprint density at radius 1 is 1.31 bits per heavy atom. The molecule has 0 N–H and O–H groups in total. The van der Waals surface area contributed by atoms with Crippen LogP contribution < -0.4 is 28.7 Å². The molecule has 0 atom stereocenters. The second kappa shape index (κ2) is 5.74. The van der Waals surface area contributed by atoms with Crippen LogP contribution in [0.25, 0.3) is 0 Å². The van der Waals surface area contributed by atoms with Gasteiger partial charge in [0.2, 0.25) is 6.33 Å². The minimum absolute atomic E-state index is 0. The first-order chi connectivity index (χ1) is 7.25. The van der Waals surface area contributed by atoms with Crippen molar-refractivity contribution in [3.05, 3.63) is 48.5 Å². The van der Waals surface area contributed by atoms with Gasteiger partial charge in [-0.05, 0) is 12.5 Å². The van der Waals surface area contributed by atoms with Gasteiger partial charge in [0.15, 0.2) is 0 Å². The van der Waals surface area contributed by atoms with E-state index in [1.165, 1.54) is 0 Å². The number of benzene rings is 1. The quantitative estimate of drug-likeness (QED) is 0.356. The highest BCUT2D eigenvalue weighted by Gasteiger charge is 2.01. The van der Waals surface area contributed by atoms with Crippen LogP contribution in [0.5, 0.6) is 0 Å². The number of nitrogens with zero attached hydrogens (tertiary/aromatic N) is 4. The van der Waals surface area contributed by atoms with Crippen LogP contribution in [0.2, 0.25) is 0 Å². The molecule has 0 aliphatic heterocycles. The van der Waals surface area contributed by atoms with Crippen molar-refractivity contribution in [1.29, 1.82) is 0 Å². The molecule has 0 aliphatic carbocycles. The standard InChI is InChI=1S/C11H13N4.HI/c1-10(11-6-4-3-5-7-11)13-15-8-12-14(2)9-15;/h3-9H,1-2H3;1H/q+1;/p-1/b13-10+;. The molecule has 5 heteroatoms. The smallest absolute Gasteiger partial charge is 0.288 e. The van der Waals surface area contributed by atoms with E-state index in [0.29, 0.717) is 0 Å². The highest BCUT2D eigenvalue weighted by Crippen LogP contribution is 1.99. The molecule has 1 aromatic carbocycles. The van der Waals surface area contributed by atoms with Gasteiger partial charge in [-0.3, -0.25) is 0 Å². The molecule has 0 radical (unpaired) electrons.